The fourth-order valence-electron chi connectivity index (χ4n) is 2.17. The number of fused-ring (bicyclic) bond motifs is 1. The highest BCUT2D eigenvalue weighted by Gasteiger charge is 2.16. The summed E-state index contributed by atoms with van der Waals surface area (Å²) in [7, 11) is 3.21. The third-order valence-electron chi connectivity index (χ3n) is 3.12. The van der Waals surface area contributed by atoms with Gasteiger partial charge in [0.1, 0.15) is 0 Å². The third kappa shape index (κ3) is 2.51. The zero-order valence-corrected chi connectivity index (χ0v) is 11.2. The Morgan fingerprint density at radius 1 is 1.17 bits per heavy atom. The molecule has 2 rings (SSSR count). The topological polar surface area (TPSA) is 35.5 Å². The molecule has 0 aliphatic heterocycles. The van der Waals surface area contributed by atoms with Gasteiger partial charge in [-0.1, -0.05) is 0 Å². The van der Waals surface area contributed by atoms with E-state index >= 15 is 0 Å². The van der Waals surface area contributed by atoms with Crippen LogP contribution in [-0.4, -0.2) is 19.5 Å². The lowest BCUT2D eigenvalue weighted by molar-refractivity contribution is -0.108. The molecule has 0 unspecified atom stereocenters. The molecule has 3 nitrogen and oxygen atoms in total. The Labute approximate surface area is 111 Å². The number of benzene rings is 1. The van der Waals surface area contributed by atoms with E-state index in [1.54, 1.807) is 14.2 Å². The van der Waals surface area contributed by atoms with Crippen molar-refractivity contribution in [1.82, 2.24) is 0 Å². The van der Waals surface area contributed by atoms with Crippen LogP contribution in [0.1, 0.15) is 24.0 Å². The van der Waals surface area contributed by atoms with Crippen molar-refractivity contribution in [2.75, 3.05) is 14.2 Å². The largest absolute Gasteiger partial charge is 0.493 e. The van der Waals surface area contributed by atoms with Crippen LogP contribution in [0.4, 0.5) is 0 Å². The molecule has 0 radical (unpaired) electrons. The summed E-state index contributed by atoms with van der Waals surface area (Å²) in [6.07, 6.45) is 4.37. The second-order valence-electron chi connectivity index (χ2n) is 4.20. The summed E-state index contributed by atoms with van der Waals surface area (Å²) in [5, 5.41) is -0.377. The van der Waals surface area contributed by atoms with Crippen LogP contribution < -0.4 is 9.47 Å². The van der Waals surface area contributed by atoms with Crippen LogP contribution in [0.25, 0.3) is 6.08 Å². The molecule has 1 aromatic carbocycles. The van der Waals surface area contributed by atoms with Crippen molar-refractivity contribution in [3.63, 3.8) is 0 Å². The van der Waals surface area contributed by atoms with Crippen LogP contribution in [0.2, 0.25) is 0 Å². The highest BCUT2D eigenvalue weighted by Crippen LogP contribution is 2.34. The average molecular weight is 267 g/mol. The minimum atomic E-state index is -0.377. The Bertz CT molecular complexity index is 506. The van der Waals surface area contributed by atoms with E-state index in [9.17, 15) is 4.79 Å². The van der Waals surface area contributed by atoms with Crippen molar-refractivity contribution in [1.29, 1.82) is 0 Å². The number of halogens is 1. The molecule has 1 aromatic rings. The Morgan fingerprint density at radius 2 is 1.83 bits per heavy atom. The van der Waals surface area contributed by atoms with Gasteiger partial charge in [-0.25, -0.2) is 0 Å². The summed E-state index contributed by atoms with van der Waals surface area (Å²) in [4.78, 5) is 11.3. The van der Waals surface area contributed by atoms with Crippen molar-refractivity contribution in [2.24, 2.45) is 0 Å². The normalized spacial score (nSPS) is 14.3. The number of rotatable bonds is 3. The van der Waals surface area contributed by atoms with Gasteiger partial charge in [0.15, 0.2) is 11.5 Å². The van der Waals surface area contributed by atoms with Crippen LogP contribution in [0, 0.1) is 0 Å². The summed E-state index contributed by atoms with van der Waals surface area (Å²) in [6.45, 7) is 0. The van der Waals surface area contributed by atoms with E-state index in [-0.39, 0.29) is 5.24 Å². The van der Waals surface area contributed by atoms with Crippen LogP contribution in [0.5, 0.6) is 11.5 Å². The molecule has 4 heteroatoms. The van der Waals surface area contributed by atoms with Gasteiger partial charge < -0.3 is 9.47 Å². The Hall–Kier alpha value is -1.48. The first-order chi connectivity index (χ1) is 8.65. The molecule has 0 saturated carbocycles. The van der Waals surface area contributed by atoms with Gasteiger partial charge in [0.25, 0.3) is 0 Å². The van der Waals surface area contributed by atoms with E-state index in [4.69, 9.17) is 21.1 Å². The number of carbonyl (C=O) groups is 1. The first-order valence-electron chi connectivity index (χ1n) is 5.81. The second kappa shape index (κ2) is 5.44. The van der Waals surface area contributed by atoms with Crippen molar-refractivity contribution >= 4 is 22.9 Å². The molecule has 18 heavy (non-hydrogen) atoms. The minimum absolute atomic E-state index is 0.377. The molecule has 0 N–H and O–H groups in total. The fraction of sp³-hybridized carbons (Fsp3) is 0.357. The molecule has 0 amide bonds. The summed E-state index contributed by atoms with van der Waals surface area (Å²) >= 11 is 5.56. The van der Waals surface area contributed by atoms with Crippen molar-refractivity contribution in [3.05, 3.63) is 28.8 Å². The van der Waals surface area contributed by atoms with Crippen LogP contribution in [-0.2, 0) is 11.2 Å². The Balaban J connectivity index is 2.52. The molecule has 0 atom stereocenters. The van der Waals surface area contributed by atoms with Gasteiger partial charge in [-0.3, -0.25) is 4.79 Å². The number of hydrogen-bond acceptors (Lipinski definition) is 3. The maximum atomic E-state index is 11.3. The van der Waals surface area contributed by atoms with Crippen LogP contribution in [0.15, 0.2) is 17.7 Å². The lowest BCUT2D eigenvalue weighted by Crippen LogP contribution is -1.95. The van der Waals surface area contributed by atoms with E-state index in [2.05, 4.69) is 0 Å². The monoisotopic (exact) mass is 266 g/mol. The summed E-state index contributed by atoms with van der Waals surface area (Å²) < 4.78 is 10.5. The molecule has 0 aromatic heterocycles. The maximum Gasteiger partial charge on any atom is 0.248 e. The summed E-state index contributed by atoms with van der Waals surface area (Å²) in [5.41, 5.74) is 2.79. The predicted molar refractivity (Wildman–Crippen MR) is 71.3 cm³/mol. The van der Waals surface area contributed by atoms with Gasteiger partial charge in [0, 0.05) is 5.57 Å². The predicted octanol–water partition coefficient (Wildman–Crippen LogP) is 3.19. The van der Waals surface area contributed by atoms with Crippen molar-refractivity contribution in [2.45, 2.75) is 19.3 Å². The minimum Gasteiger partial charge on any atom is -0.493 e. The number of aryl methyl sites for hydroxylation is 1. The quantitative estimate of drug-likeness (QED) is 0.788. The third-order valence-corrected chi connectivity index (χ3v) is 3.36. The van der Waals surface area contributed by atoms with Gasteiger partial charge in [-0.2, -0.15) is 0 Å². The number of carbonyl (C=O) groups excluding carboxylic acids is 1. The van der Waals surface area contributed by atoms with E-state index in [1.165, 1.54) is 0 Å². The second-order valence-corrected chi connectivity index (χ2v) is 4.55. The lowest BCUT2D eigenvalue weighted by Gasteiger charge is -2.11. The number of allylic oxidation sites excluding steroid dienone is 1. The van der Waals surface area contributed by atoms with Gasteiger partial charge in [-0.05, 0) is 60.2 Å². The van der Waals surface area contributed by atoms with Gasteiger partial charge in [0.05, 0.1) is 14.2 Å². The molecule has 0 fully saturated rings. The molecule has 0 spiro atoms. The number of hydrogen-bond donors (Lipinski definition) is 0. The maximum absolute atomic E-state index is 11.3. The smallest absolute Gasteiger partial charge is 0.248 e. The SMILES string of the molecule is COc1cc2c(cc1OC)CCCC(C(=O)Cl)=C2. The van der Waals surface area contributed by atoms with Gasteiger partial charge in [-0.15, -0.1) is 0 Å². The van der Waals surface area contributed by atoms with Crippen LogP contribution >= 0.6 is 11.6 Å². The molecule has 1 aliphatic rings. The van der Waals surface area contributed by atoms with E-state index in [0.29, 0.717) is 23.5 Å². The standard InChI is InChI=1S/C14H15ClO3/c1-17-12-7-9-4-3-5-10(14(15)16)6-11(9)8-13(12)18-2/h6-8H,3-5H2,1-2H3. The molecule has 0 heterocycles. The van der Waals surface area contributed by atoms with E-state index < -0.39 is 0 Å². The van der Waals surface area contributed by atoms with Crippen molar-refractivity contribution < 1.29 is 14.3 Å². The Kier molecular flexibility index (Phi) is 3.92. The molecule has 1 aliphatic carbocycles. The zero-order valence-electron chi connectivity index (χ0n) is 10.5. The first-order valence-corrected chi connectivity index (χ1v) is 6.18. The molecular weight excluding hydrogens is 252 g/mol. The van der Waals surface area contributed by atoms with E-state index in [0.717, 1.165) is 24.0 Å². The van der Waals surface area contributed by atoms with Gasteiger partial charge >= 0.3 is 0 Å². The molecule has 0 bridgehead atoms. The van der Waals surface area contributed by atoms with Crippen molar-refractivity contribution in [3.8, 4) is 11.5 Å². The zero-order chi connectivity index (χ0) is 13.1. The fourth-order valence-corrected chi connectivity index (χ4v) is 2.32. The summed E-state index contributed by atoms with van der Waals surface area (Å²) in [5.74, 6) is 1.38. The highest BCUT2D eigenvalue weighted by molar-refractivity contribution is 6.68. The Morgan fingerprint density at radius 3 is 2.44 bits per heavy atom. The number of methoxy groups -OCH3 is 2. The van der Waals surface area contributed by atoms with E-state index in [1.807, 2.05) is 18.2 Å². The summed E-state index contributed by atoms with van der Waals surface area (Å²) in [6, 6.07) is 3.85. The van der Waals surface area contributed by atoms with Crippen LogP contribution in [0.3, 0.4) is 0 Å². The molecular formula is C14H15ClO3. The number of ether oxygens (including phenoxy) is 2. The molecule has 96 valence electrons. The first kappa shape index (κ1) is 13.0. The lowest BCUT2D eigenvalue weighted by atomic mass is 10.0. The average Bonchev–Trinajstić information content (AvgIpc) is 2.58. The van der Waals surface area contributed by atoms with Gasteiger partial charge in [0.2, 0.25) is 5.24 Å². The highest BCUT2D eigenvalue weighted by atomic mass is 35.5. The molecule has 0 saturated heterocycles.